The van der Waals surface area contributed by atoms with Crippen LogP contribution in [0.1, 0.15) is 37.2 Å². The molecule has 0 aliphatic heterocycles. The van der Waals surface area contributed by atoms with Crippen LogP contribution in [0.15, 0.2) is 33.6 Å². The number of nitrogens with one attached hydrogen (secondary N) is 1. The zero-order valence-corrected chi connectivity index (χ0v) is 13.6. The summed E-state index contributed by atoms with van der Waals surface area (Å²) in [6, 6.07) is 6.63. The van der Waals surface area contributed by atoms with Crippen molar-refractivity contribution in [3.63, 3.8) is 0 Å². The fourth-order valence-corrected chi connectivity index (χ4v) is 3.15. The summed E-state index contributed by atoms with van der Waals surface area (Å²) < 4.78 is 6.22. The molecule has 2 aromatic rings. The standard InChI is InChI=1S/C14H17BrN2OS/c1-9(17-10(2)13-7-19-8-16-13)11-4-5-14(18-3)12(15)6-11/h4-10,17H,1-3H3. The molecule has 2 unspecified atom stereocenters. The van der Waals surface area contributed by atoms with Crippen molar-refractivity contribution >= 4 is 27.3 Å². The molecule has 3 nitrogen and oxygen atoms in total. The van der Waals surface area contributed by atoms with Gasteiger partial charge in [0.2, 0.25) is 0 Å². The van der Waals surface area contributed by atoms with E-state index in [1.807, 2.05) is 11.6 Å². The molecule has 0 saturated heterocycles. The topological polar surface area (TPSA) is 34.1 Å². The highest BCUT2D eigenvalue weighted by Gasteiger charge is 2.13. The van der Waals surface area contributed by atoms with E-state index in [0.717, 1.165) is 15.9 Å². The fourth-order valence-electron chi connectivity index (χ4n) is 1.94. The zero-order valence-electron chi connectivity index (χ0n) is 11.2. The predicted molar refractivity (Wildman–Crippen MR) is 82.8 cm³/mol. The van der Waals surface area contributed by atoms with Crippen molar-refractivity contribution < 1.29 is 4.74 Å². The third kappa shape index (κ3) is 3.55. The van der Waals surface area contributed by atoms with Crippen molar-refractivity contribution in [1.82, 2.24) is 10.3 Å². The number of nitrogens with zero attached hydrogens (tertiary/aromatic N) is 1. The number of ether oxygens (including phenoxy) is 1. The molecule has 1 N–H and O–H groups in total. The minimum Gasteiger partial charge on any atom is -0.496 e. The Balaban J connectivity index is 2.07. The molecule has 102 valence electrons. The molecule has 2 atom stereocenters. The van der Waals surface area contributed by atoms with Crippen LogP contribution in [0.4, 0.5) is 0 Å². The SMILES string of the molecule is COc1ccc(C(C)NC(C)c2cscn2)cc1Br. The second-order valence-electron chi connectivity index (χ2n) is 4.42. The van der Waals surface area contributed by atoms with Gasteiger partial charge >= 0.3 is 0 Å². The van der Waals surface area contributed by atoms with E-state index in [1.165, 1.54) is 5.56 Å². The van der Waals surface area contributed by atoms with Gasteiger partial charge in [-0.15, -0.1) is 11.3 Å². The Bertz CT molecular complexity index is 530. The van der Waals surface area contributed by atoms with Gasteiger partial charge in [0.25, 0.3) is 0 Å². The Morgan fingerprint density at radius 3 is 2.68 bits per heavy atom. The quantitative estimate of drug-likeness (QED) is 0.879. The van der Waals surface area contributed by atoms with E-state index < -0.39 is 0 Å². The van der Waals surface area contributed by atoms with Crippen LogP contribution in [0.2, 0.25) is 0 Å². The zero-order chi connectivity index (χ0) is 13.8. The molecule has 2 rings (SSSR count). The molecule has 19 heavy (non-hydrogen) atoms. The Kier molecular flexibility index (Phi) is 4.96. The number of thiazole rings is 1. The Morgan fingerprint density at radius 1 is 1.32 bits per heavy atom. The number of aromatic nitrogens is 1. The molecular formula is C14H17BrN2OS. The lowest BCUT2D eigenvalue weighted by atomic mass is 10.1. The maximum Gasteiger partial charge on any atom is 0.133 e. The monoisotopic (exact) mass is 340 g/mol. The average Bonchev–Trinajstić information content (AvgIpc) is 2.92. The van der Waals surface area contributed by atoms with Crippen LogP contribution in [0, 0.1) is 0 Å². The van der Waals surface area contributed by atoms with Crippen LogP contribution in [0.5, 0.6) is 5.75 Å². The van der Waals surface area contributed by atoms with Gasteiger partial charge in [-0.3, -0.25) is 0 Å². The third-order valence-corrected chi connectivity index (χ3v) is 4.30. The molecule has 0 aliphatic rings. The first-order chi connectivity index (χ1) is 9.11. The number of methoxy groups -OCH3 is 1. The van der Waals surface area contributed by atoms with Gasteiger partial charge in [0.1, 0.15) is 5.75 Å². The highest BCUT2D eigenvalue weighted by Crippen LogP contribution is 2.28. The highest BCUT2D eigenvalue weighted by atomic mass is 79.9. The lowest BCUT2D eigenvalue weighted by Crippen LogP contribution is -2.22. The van der Waals surface area contributed by atoms with Crippen LogP contribution >= 0.6 is 27.3 Å². The Hall–Kier alpha value is -0.910. The normalized spacial score (nSPS) is 14.1. The minimum absolute atomic E-state index is 0.238. The molecule has 0 fully saturated rings. The van der Waals surface area contributed by atoms with Crippen molar-refractivity contribution in [2.45, 2.75) is 25.9 Å². The molecular weight excluding hydrogens is 324 g/mol. The van der Waals surface area contributed by atoms with Gasteiger partial charge in [-0.1, -0.05) is 6.07 Å². The molecule has 1 heterocycles. The first-order valence-electron chi connectivity index (χ1n) is 6.09. The summed E-state index contributed by atoms with van der Waals surface area (Å²) >= 11 is 5.14. The summed E-state index contributed by atoms with van der Waals surface area (Å²) in [5.74, 6) is 0.850. The van der Waals surface area contributed by atoms with Gasteiger partial charge in [0, 0.05) is 17.5 Å². The fraction of sp³-hybridized carbons (Fsp3) is 0.357. The van der Waals surface area contributed by atoms with Gasteiger partial charge in [0.05, 0.1) is 22.8 Å². The minimum atomic E-state index is 0.238. The van der Waals surface area contributed by atoms with E-state index >= 15 is 0 Å². The van der Waals surface area contributed by atoms with Crippen LogP contribution in [-0.4, -0.2) is 12.1 Å². The van der Waals surface area contributed by atoms with Crippen molar-refractivity contribution in [3.8, 4) is 5.75 Å². The molecule has 0 spiro atoms. The number of hydrogen-bond acceptors (Lipinski definition) is 4. The number of hydrogen-bond donors (Lipinski definition) is 1. The van der Waals surface area contributed by atoms with Crippen molar-refractivity contribution in [3.05, 3.63) is 44.8 Å². The summed E-state index contributed by atoms with van der Waals surface area (Å²) in [4.78, 5) is 4.33. The van der Waals surface area contributed by atoms with Gasteiger partial charge in [-0.25, -0.2) is 4.98 Å². The number of benzene rings is 1. The summed E-state index contributed by atoms with van der Waals surface area (Å²) in [5.41, 5.74) is 4.17. The van der Waals surface area contributed by atoms with Crippen LogP contribution < -0.4 is 10.1 Å². The Morgan fingerprint density at radius 2 is 2.11 bits per heavy atom. The second kappa shape index (κ2) is 6.50. The van der Waals surface area contributed by atoms with Crippen molar-refractivity contribution in [1.29, 1.82) is 0 Å². The number of rotatable bonds is 5. The molecule has 0 radical (unpaired) electrons. The van der Waals surface area contributed by atoms with E-state index in [-0.39, 0.29) is 12.1 Å². The lowest BCUT2D eigenvalue weighted by molar-refractivity contribution is 0.411. The smallest absolute Gasteiger partial charge is 0.133 e. The van der Waals surface area contributed by atoms with Gasteiger partial charge < -0.3 is 10.1 Å². The van der Waals surface area contributed by atoms with Crippen molar-refractivity contribution in [2.24, 2.45) is 0 Å². The summed E-state index contributed by atoms with van der Waals surface area (Å²) in [7, 11) is 1.67. The molecule has 5 heteroatoms. The van der Waals surface area contributed by atoms with Crippen molar-refractivity contribution in [2.75, 3.05) is 7.11 Å². The number of halogens is 1. The summed E-state index contributed by atoms with van der Waals surface area (Å²) in [6.07, 6.45) is 0. The summed E-state index contributed by atoms with van der Waals surface area (Å²) in [6.45, 7) is 4.28. The van der Waals surface area contributed by atoms with E-state index in [4.69, 9.17) is 4.74 Å². The lowest BCUT2D eigenvalue weighted by Gasteiger charge is -2.19. The maximum absolute atomic E-state index is 5.24. The molecule has 1 aromatic heterocycles. The average molecular weight is 341 g/mol. The largest absolute Gasteiger partial charge is 0.496 e. The van der Waals surface area contributed by atoms with E-state index in [0.29, 0.717) is 0 Å². The molecule has 1 aromatic carbocycles. The maximum atomic E-state index is 5.24. The first-order valence-corrected chi connectivity index (χ1v) is 7.83. The molecule has 0 amide bonds. The summed E-state index contributed by atoms with van der Waals surface area (Å²) in [5, 5.41) is 5.62. The second-order valence-corrected chi connectivity index (χ2v) is 5.99. The van der Waals surface area contributed by atoms with Gasteiger partial charge in [0.15, 0.2) is 0 Å². The van der Waals surface area contributed by atoms with Crippen LogP contribution in [-0.2, 0) is 0 Å². The van der Waals surface area contributed by atoms with E-state index in [1.54, 1.807) is 18.4 Å². The predicted octanol–water partition coefficient (Wildman–Crippen LogP) is 4.33. The van der Waals surface area contributed by atoms with Crippen LogP contribution in [0.25, 0.3) is 0 Å². The third-order valence-electron chi connectivity index (χ3n) is 3.07. The highest BCUT2D eigenvalue weighted by molar-refractivity contribution is 9.10. The van der Waals surface area contributed by atoms with Gasteiger partial charge in [-0.2, -0.15) is 0 Å². The van der Waals surface area contributed by atoms with Gasteiger partial charge in [-0.05, 0) is 47.5 Å². The first kappa shape index (κ1) is 14.5. The molecule has 0 saturated carbocycles. The molecule has 0 bridgehead atoms. The molecule has 0 aliphatic carbocycles. The Labute approximate surface area is 126 Å². The van der Waals surface area contributed by atoms with Crippen LogP contribution in [0.3, 0.4) is 0 Å². The van der Waals surface area contributed by atoms with E-state index in [9.17, 15) is 0 Å². The van der Waals surface area contributed by atoms with E-state index in [2.05, 4.69) is 57.6 Å².